The zero-order valence-corrected chi connectivity index (χ0v) is 14.6. The number of carbonyl (C=O) groups excluding carboxylic acids is 1. The average Bonchev–Trinajstić information content (AvgIpc) is 3.17. The van der Waals surface area contributed by atoms with E-state index in [0.29, 0.717) is 6.54 Å². The van der Waals surface area contributed by atoms with Crippen molar-refractivity contribution in [2.45, 2.75) is 19.3 Å². The van der Waals surface area contributed by atoms with Crippen LogP contribution >= 0.6 is 0 Å². The molecule has 2 aromatic rings. The van der Waals surface area contributed by atoms with Crippen molar-refractivity contribution in [3.63, 3.8) is 0 Å². The maximum Gasteiger partial charge on any atom is 0.319 e. The Kier molecular flexibility index (Phi) is 5.77. The molecule has 0 spiro atoms. The van der Waals surface area contributed by atoms with E-state index in [0.717, 1.165) is 36.6 Å². The summed E-state index contributed by atoms with van der Waals surface area (Å²) in [6, 6.07) is 15.7. The standard InChI is InChI=1S/C20H25N3O2/c1-25-17-10-8-16(9-11-17)12-13-21-20(24)22-18-6-2-3-7-19(18)23-14-4-5-15-23/h2-3,6-11H,4-5,12-15H2,1H3,(H2,21,22,24). The highest BCUT2D eigenvalue weighted by Gasteiger charge is 2.16. The Labute approximate surface area is 149 Å². The number of hydrogen-bond donors (Lipinski definition) is 2. The quantitative estimate of drug-likeness (QED) is 0.844. The Balaban J connectivity index is 1.50. The second-order valence-electron chi connectivity index (χ2n) is 6.19. The third-order valence-corrected chi connectivity index (χ3v) is 4.46. The molecule has 1 aliphatic rings. The van der Waals surface area contributed by atoms with Crippen LogP contribution in [0.1, 0.15) is 18.4 Å². The van der Waals surface area contributed by atoms with Gasteiger partial charge in [0.05, 0.1) is 18.5 Å². The van der Waals surface area contributed by atoms with Crippen LogP contribution < -0.4 is 20.3 Å². The number of para-hydroxylation sites is 2. The number of carbonyl (C=O) groups is 1. The van der Waals surface area contributed by atoms with Crippen molar-refractivity contribution in [3.05, 3.63) is 54.1 Å². The summed E-state index contributed by atoms with van der Waals surface area (Å²) in [4.78, 5) is 14.5. The molecule has 0 aliphatic carbocycles. The summed E-state index contributed by atoms with van der Waals surface area (Å²) in [6.45, 7) is 2.69. The van der Waals surface area contributed by atoms with E-state index in [-0.39, 0.29) is 6.03 Å². The number of anilines is 2. The van der Waals surface area contributed by atoms with Crippen LogP contribution in [0.5, 0.6) is 5.75 Å². The molecular weight excluding hydrogens is 314 g/mol. The van der Waals surface area contributed by atoms with E-state index < -0.39 is 0 Å². The van der Waals surface area contributed by atoms with E-state index in [2.05, 4.69) is 21.6 Å². The number of urea groups is 1. The van der Waals surface area contributed by atoms with Crippen LogP contribution in [0.2, 0.25) is 0 Å². The Morgan fingerprint density at radius 2 is 1.80 bits per heavy atom. The van der Waals surface area contributed by atoms with Crippen molar-refractivity contribution in [1.29, 1.82) is 0 Å². The lowest BCUT2D eigenvalue weighted by Crippen LogP contribution is -2.31. The summed E-state index contributed by atoms with van der Waals surface area (Å²) in [5.74, 6) is 0.841. The minimum Gasteiger partial charge on any atom is -0.497 e. The molecule has 0 unspecified atom stereocenters. The number of nitrogens with zero attached hydrogens (tertiary/aromatic N) is 1. The Bertz CT molecular complexity index is 694. The van der Waals surface area contributed by atoms with E-state index >= 15 is 0 Å². The SMILES string of the molecule is COc1ccc(CCNC(=O)Nc2ccccc2N2CCCC2)cc1. The van der Waals surface area contributed by atoms with E-state index in [1.807, 2.05) is 42.5 Å². The summed E-state index contributed by atoms with van der Waals surface area (Å²) in [7, 11) is 1.65. The first-order valence-electron chi connectivity index (χ1n) is 8.78. The summed E-state index contributed by atoms with van der Waals surface area (Å²) < 4.78 is 5.15. The lowest BCUT2D eigenvalue weighted by molar-refractivity contribution is 0.252. The smallest absolute Gasteiger partial charge is 0.319 e. The van der Waals surface area contributed by atoms with Crippen molar-refractivity contribution in [1.82, 2.24) is 5.32 Å². The lowest BCUT2D eigenvalue weighted by atomic mass is 10.1. The molecule has 2 amide bonds. The van der Waals surface area contributed by atoms with Crippen LogP contribution in [0, 0.1) is 0 Å². The average molecular weight is 339 g/mol. The third kappa shape index (κ3) is 4.66. The number of ether oxygens (including phenoxy) is 1. The van der Waals surface area contributed by atoms with Gasteiger partial charge in [0.15, 0.2) is 0 Å². The van der Waals surface area contributed by atoms with Gasteiger partial charge in [0.2, 0.25) is 0 Å². The summed E-state index contributed by atoms with van der Waals surface area (Å²) in [5.41, 5.74) is 3.13. The Morgan fingerprint density at radius 3 is 2.52 bits per heavy atom. The molecule has 1 saturated heterocycles. The fourth-order valence-corrected chi connectivity index (χ4v) is 3.09. The largest absolute Gasteiger partial charge is 0.497 e. The number of benzene rings is 2. The number of amides is 2. The Morgan fingerprint density at radius 1 is 1.08 bits per heavy atom. The molecular formula is C20H25N3O2. The van der Waals surface area contributed by atoms with E-state index in [1.54, 1.807) is 7.11 Å². The number of nitrogens with one attached hydrogen (secondary N) is 2. The normalized spacial score (nSPS) is 13.6. The fraction of sp³-hybridized carbons (Fsp3) is 0.350. The van der Waals surface area contributed by atoms with Gasteiger partial charge in [-0.1, -0.05) is 24.3 Å². The molecule has 3 rings (SSSR count). The maximum atomic E-state index is 12.2. The van der Waals surface area contributed by atoms with Crippen molar-refractivity contribution < 1.29 is 9.53 Å². The van der Waals surface area contributed by atoms with Crippen LogP contribution in [0.15, 0.2) is 48.5 Å². The maximum absolute atomic E-state index is 12.2. The highest BCUT2D eigenvalue weighted by atomic mass is 16.5. The van der Waals surface area contributed by atoms with Crippen LogP contribution in [-0.4, -0.2) is 32.8 Å². The van der Waals surface area contributed by atoms with Gasteiger partial charge in [0.25, 0.3) is 0 Å². The molecule has 1 fully saturated rings. The van der Waals surface area contributed by atoms with Crippen molar-refractivity contribution in [2.75, 3.05) is 37.0 Å². The molecule has 0 aromatic heterocycles. The van der Waals surface area contributed by atoms with Gasteiger partial charge in [-0.25, -0.2) is 4.79 Å². The highest BCUT2D eigenvalue weighted by molar-refractivity contribution is 5.93. The first kappa shape index (κ1) is 17.1. The zero-order valence-electron chi connectivity index (χ0n) is 14.6. The molecule has 25 heavy (non-hydrogen) atoms. The van der Waals surface area contributed by atoms with Gasteiger partial charge >= 0.3 is 6.03 Å². The van der Waals surface area contributed by atoms with Crippen molar-refractivity contribution in [2.24, 2.45) is 0 Å². The zero-order chi connectivity index (χ0) is 17.5. The van der Waals surface area contributed by atoms with E-state index in [1.165, 1.54) is 18.4 Å². The monoisotopic (exact) mass is 339 g/mol. The Hall–Kier alpha value is -2.69. The molecule has 0 bridgehead atoms. The number of rotatable bonds is 6. The predicted octanol–water partition coefficient (Wildman–Crippen LogP) is 3.66. The minimum absolute atomic E-state index is 0.167. The topological polar surface area (TPSA) is 53.6 Å². The fourth-order valence-electron chi connectivity index (χ4n) is 3.09. The lowest BCUT2D eigenvalue weighted by Gasteiger charge is -2.21. The predicted molar refractivity (Wildman–Crippen MR) is 102 cm³/mol. The van der Waals surface area contributed by atoms with Crippen LogP contribution in [0.4, 0.5) is 16.2 Å². The molecule has 0 radical (unpaired) electrons. The van der Waals surface area contributed by atoms with Crippen LogP contribution in [0.25, 0.3) is 0 Å². The van der Waals surface area contributed by atoms with Gasteiger partial charge in [-0.05, 0) is 49.1 Å². The molecule has 132 valence electrons. The molecule has 2 N–H and O–H groups in total. The first-order valence-corrected chi connectivity index (χ1v) is 8.78. The first-order chi connectivity index (χ1) is 12.3. The molecule has 1 heterocycles. The second kappa shape index (κ2) is 8.42. The molecule has 2 aromatic carbocycles. The third-order valence-electron chi connectivity index (χ3n) is 4.46. The highest BCUT2D eigenvalue weighted by Crippen LogP contribution is 2.28. The minimum atomic E-state index is -0.167. The summed E-state index contributed by atoms with van der Waals surface area (Å²) in [5, 5.41) is 5.91. The van der Waals surface area contributed by atoms with E-state index in [4.69, 9.17) is 4.74 Å². The summed E-state index contributed by atoms with van der Waals surface area (Å²) in [6.07, 6.45) is 3.20. The van der Waals surface area contributed by atoms with Gasteiger partial charge < -0.3 is 20.3 Å². The molecule has 5 heteroatoms. The number of hydrogen-bond acceptors (Lipinski definition) is 3. The van der Waals surface area contributed by atoms with Gasteiger partial charge in [0.1, 0.15) is 5.75 Å². The van der Waals surface area contributed by atoms with Crippen molar-refractivity contribution >= 4 is 17.4 Å². The second-order valence-corrected chi connectivity index (χ2v) is 6.19. The molecule has 5 nitrogen and oxygen atoms in total. The summed E-state index contributed by atoms with van der Waals surface area (Å²) >= 11 is 0. The van der Waals surface area contributed by atoms with Gasteiger partial charge in [-0.2, -0.15) is 0 Å². The van der Waals surface area contributed by atoms with E-state index in [9.17, 15) is 4.79 Å². The van der Waals surface area contributed by atoms with Crippen LogP contribution in [-0.2, 0) is 6.42 Å². The molecule has 1 aliphatic heterocycles. The van der Waals surface area contributed by atoms with Crippen molar-refractivity contribution in [3.8, 4) is 5.75 Å². The molecule has 0 atom stereocenters. The van der Waals surface area contributed by atoms with Gasteiger partial charge in [-0.15, -0.1) is 0 Å². The van der Waals surface area contributed by atoms with Gasteiger partial charge in [-0.3, -0.25) is 0 Å². The van der Waals surface area contributed by atoms with Gasteiger partial charge in [0, 0.05) is 19.6 Å². The van der Waals surface area contributed by atoms with Crippen LogP contribution in [0.3, 0.4) is 0 Å². The number of methoxy groups -OCH3 is 1. The molecule has 0 saturated carbocycles.